The molecular formula is C18H21N5O. The number of nitrogens with zero attached hydrogens (tertiary/aromatic N) is 1. The summed E-state index contributed by atoms with van der Waals surface area (Å²) in [6.45, 7) is 4.75. The molecule has 0 aliphatic carbocycles. The molecule has 1 aromatic heterocycles. The standard InChI is InChI=1S/C18H21N5O/c1-11(2)21-18-22-15-7-6-14(9-16(15)23-18)20-10-12-4-3-5-13(8-12)17(19)24/h3-9,11,20H,10H2,1-2H3,(H2,19,24)(H2,21,22,23). The number of carbonyl (C=O) groups is 1. The fourth-order valence-corrected chi connectivity index (χ4v) is 2.50. The molecule has 0 aliphatic heterocycles. The molecule has 3 aromatic rings. The van der Waals surface area contributed by atoms with Gasteiger partial charge in [-0.15, -0.1) is 0 Å². The van der Waals surface area contributed by atoms with Crippen molar-refractivity contribution in [1.82, 2.24) is 9.97 Å². The number of hydrogen-bond donors (Lipinski definition) is 4. The molecule has 0 spiro atoms. The van der Waals surface area contributed by atoms with Crippen LogP contribution in [0.3, 0.4) is 0 Å². The Bertz CT molecular complexity index is 869. The zero-order valence-corrected chi connectivity index (χ0v) is 13.8. The first kappa shape index (κ1) is 15.9. The van der Waals surface area contributed by atoms with Gasteiger partial charge < -0.3 is 21.4 Å². The number of H-pyrrole nitrogens is 1. The maximum atomic E-state index is 11.2. The van der Waals surface area contributed by atoms with Crippen LogP contribution in [0.25, 0.3) is 11.0 Å². The monoisotopic (exact) mass is 323 g/mol. The Labute approximate surface area is 140 Å². The number of nitrogens with one attached hydrogen (secondary N) is 3. The van der Waals surface area contributed by atoms with E-state index in [0.29, 0.717) is 18.2 Å². The zero-order chi connectivity index (χ0) is 17.1. The number of anilines is 2. The Balaban J connectivity index is 1.73. The maximum absolute atomic E-state index is 11.2. The molecule has 0 saturated carbocycles. The number of nitrogens with two attached hydrogens (primary N) is 1. The summed E-state index contributed by atoms with van der Waals surface area (Å²) in [7, 11) is 0. The highest BCUT2D eigenvalue weighted by molar-refractivity contribution is 5.92. The van der Waals surface area contributed by atoms with Crippen molar-refractivity contribution < 1.29 is 4.79 Å². The second kappa shape index (κ2) is 6.62. The third kappa shape index (κ3) is 3.65. The maximum Gasteiger partial charge on any atom is 0.248 e. The summed E-state index contributed by atoms with van der Waals surface area (Å²) in [6, 6.07) is 13.6. The molecule has 0 bridgehead atoms. The Kier molecular flexibility index (Phi) is 4.37. The average Bonchev–Trinajstić information content (AvgIpc) is 2.93. The number of amides is 1. The van der Waals surface area contributed by atoms with Crippen molar-refractivity contribution in [2.24, 2.45) is 5.73 Å². The topological polar surface area (TPSA) is 95.8 Å². The number of rotatable bonds is 6. The molecule has 2 aromatic carbocycles. The molecule has 6 nitrogen and oxygen atoms in total. The predicted octanol–water partition coefficient (Wildman–Crippen LogP) is 3.09. The second-order valence-electron chi connectivity index (χ2n) is 6.03. The van der Waals surface area contributed by atoms with Gasteiger partial charge in [0.2, 0.25) is 11.9 Å². The Morgan fingerprint density at radius 1 is 1.25 bits per heavy atom. The van der Waals surface area contributed by atoms with Crippen LogP contribution in [0.4, 0.5) is 11.6 Å². The third-order valence-electron chi connectivity index (χ3n) is 3.62. The van der Waals surface area contributed by atoms with Gasteiger partial charge in [0.05, 0.1) is 11.0 Å². The van der Waals surface area contributed by atoms with E-state index in [1.165, 1.54) is 0 Å². The predicted molar refractivity (Wildman–Crippen MR) is 97.1 cm³/mol. The minimum absolute atomic E-state index is 0.320. The van der Waals surface area contributed by atoms with E-state index < -0.39 is 5.91 Å². The van der Waals surface area contributed by atoms with E-state index in [2.05, 4.69) is 34.4 Å². The van der Waals surface area contributed by atoms with Crippen LogP contribution in [-0.4, -0.2) is 21.9 Å². The van der Waals surface area contributed by atoms with Gasteiger partial charge in [0.1, 0.15) is 0 Å². The van der Waals surface area contributed by atoms with Gasteiger partial charge >= 0.3 is 0 Å². The van der Waals surface area contributed by atoms with E-state index in [-0.39, 0.29) is 0 Å². The van der Waals surface area contributed by atoms with Crippen molar-refractivity contribution >= 4 is 28.6 Å². The summed E-state index contributed by atoms with van der Waals surface area (Å²) in [4.78, 5) is 19.0. The molecule has 0 radical (unpaired) electrons. The molecule has 24 heavy (non-hydrogen) atoms. The van der Waals surface area contributed by atoms with Gasteiger partial charge in [-0.3, -0.25) is 4.79 Å². The highest BCUT2D eigenvalue weighted by Gasteiger charge is 2.05. The molecule has 1 heterocycles. The summed E-state index contributed by atoms with van der Waals surface area (Å²) in [5.41, 5.74) is 9.69. The van der Waals surface area contributed by atoms with Gasteiger partial charge in [0, 0.05) is 23.8 Å². The highest BCUT2D eigenvalue weighted by atomic mass is 16.1. The van der Waals surface area contributed by atoms with E-state index >= 15 is 0 Å². The van der Waals surface area contributed by atoms with Crippen molar-refractivity contribution in [2.45, 2.75) is 26.4 Å². The summed E-state index contributed by atoms with van der Waals surface area (Å²) in [6.07, 6.45) is 0. The number of carbonyl (C=O) groups excluding carboxylic acids is 1. The van der Waals surface area contributed by atoms with E-state index in [9.17, 15) is 4.79 Å². The average molecular weight is 323 g/mol. The van der Waals surface area contributed by atoms with Crippen LogP contribution in [0.5, 0.6) is 0 Å². The van der Waals surface area contributed by atoms with Crippen LogP contribution in [0.2, 0.25) is 0 Å². The van der Waals surface area contributed by atoms with Crippen molar-refractivity contribution in [3.8, 4) is 0 Å². The lowest BCUT2D eigenvalue weighted by atomic mass is 10.1. The van der Waals surface area contributed by atoms with Gasteiger partial charge in [0.25, 0.3) is 0 Å². The third-order valence-corrected chi connectivity index (χ3v) is 3.62. The van der Waals surface area contributed by atoms with Crippen LogP contribution < -0.4 is 16.4 Å². The van der Waals surface area contributed by atoms with Crippen molar-refractivity contribution in [3.63, 3.8) is 0 Å². The van der Waals surface area contributed by atoms with Crippen LogP contribution >= 0.6 is 0 Å². The van der Waals surface area contributed by atoms with Crippen LogP contribution in [0, 0.1) is 0 Å². The minimum atomic E-state index is -0.416. The number of benzene rings is 2. The number of aromatic amines is 1. The van der Waals surface area contributed by atoms with Crippen LogP contribution in [-0.2, 0) is 6.54 Å². The van der Waals surface area contributed by atoms with Crippen LogP contribution in [0.1, 0.15) is 29.8 Å². The lowest BCUT2D eigenvalue weighted by molar-refractivity contribution is 0.1000. The molecule has 0 aliphatic rings. The lowest BCUT2D eigenvalue weighted by Gasteiger charge is -2.07. The molecule has 5 N–H and O–H groups in total. The first-order valence-electron chi connectivity index (χ1n) is 7.90. The first-order valence-corrected chi connectivity index (χ1v) is 7.90. The van der Waals surface area contributed by atoms with E-state index in [0.717, 1.165) is 28.2 Å². The number of aromatic nitrogens is 2. The van der Waals surface area contributed by atoms with Crippen molar-refractivity contribution in [3.05, 3.63) is 53.6 Å². The number of fused-ring (bicyclic) bond motifs is 1. The minimum Gasteiger partial charge on any atom is -0.381 e. The fourth-order valence-electron chi connectivity index (χ4n) is 2.50. The van der Waals surface area contributed by atoms with Gasteiger partial charge in [0.15, 0.2) is 0 Å². The van der Waals surface area contributed by atoms with Gasteiger partial charge in [-0.25, -0.2) is 4.98 Å². The smallest absolute Gasteiger partial charge is 0.248 e. The molecule has 0 atom stereocenters. The highest BCUT2D eigenvalue weighted by Crippen LogP contribution is 2.20. The van der Waals surface area contributed by atoms with Gasteiger partial charge in [-0.2, -0.15) is 0 Å². The molecule has 124 valence electrons. The van der Waals surface area contributed by atoms with Crippen molar-refractivity contribution in [2.75, 3.05) is 10.6 Å². The van der Waals surface area contributed by atoms with Gasteiger partial charge in [-0.05, 0) is 49.7 Å². The summed E-state index contributed by atoms with van der Waals surface area (Å²) in [5, 5.41) is 6.61. The molecule has 1 amide bonds. The Morgan fingerprint density at radius 2 is 2.08 bits per heavy atom. The summed E-state index contributed by atoms with van der Waals surface area (Å²) < 4.78 is 0. The van der Waals surface area contributed by atoms with Gasteiger partial charge in [-0.1, -0.05) is 12.1 Å². The number of hydrogen-bond acceptors (Lipinski definition) is 4. The second-order valence-corrected chi connectivity index (χ2v) is 6.03. The Morgan fingerprint density at radius 3 is 2.83 bits per heavy atom. The number of imidazole rings is 1. The molecule has 3 rings (SSSR count). The summed E-state index contributed by atoms with van der Waals surface area (Å²) in [5.74, 6) is 0.354. The molecule has 0 saturated heterocycles. The zero-order valence-electron chi connectivity index (χ0n) is 13.8. The Hall–Kier alpha value is -3.02. The lowest BCUT2D eigenvalue weighted by Crippen LogP contribution is -2.11. The number of primary amides is 1. The summed E-state index contributed by atoms with van der Waals surface area (Å²) >= 11 is 0. The SMILES string of the molecule is CC(C)Nc1nc2ccc(NCc3cccc(C(N)=O)c3)cc2[nH]1. The first-order chi connectivity index (χ1) is 11.5. The van der Waals surface area contributed by atoms with Crippen molar-refractivity contribution in [1.29, 1.82) is 0 Å². The van der Waals surface area contributed by atoms with E-state index in [4.69, 9.17) is 5.73 Å². The van der Waals surface area contributed by atoms with E-state index in [1.807, 2.05) is 30.3 Å². The molecule has 6 heteroatoms. The molecular weight excluding hydrogens is 302 g/mol. The molecule has 0 unspecified atom stereocenters. The normalized spacial score (nSPS) is 11.0. The van der Waals surface area contributed by atoms with E-state index in [1.54, 1.807) is 12.1 Å². The van der Waals surface area contributed by atoms with Crippen LogP contribution in [0.15, 0.2) is 42.5 Å². The fraction of sp³-hybridized carbons (Fsp3) is 0.222. The largest absolute Gasteiger partial charge is 0.381 e. The quantitative estimate of drug-likeness (QED) is 0.560. The molecule has 0 fully saturated rings.